The van der Waals surface area contributed by atoms with E-state index >= 15 is 0 Å². The van der Waals surface area contributed by atoms with Gasteiger partial charge in [0, 0.05) is 6.54 Å². The van der Waals surface area contributed by atoms with Gasteiger partial charge in [0.2, 0.25) is 0 Å². The number of carbonyl (C=O) groups excluding carboxylic acids is 2. The van der Waals surface area contributed by atoms with E-state index in [0.29, 0.717) is 12.4 Å². The molecule has 2 amide bonds. The van der Waals surface area contributed by atoms with Gasteiger partial charge in [-0.15, -0.1) is 0 Å². The van der Waals surface area contributed by atoms with Crippen LogP contribution in [0, 0.1) is 0 Å². The molecule has 0 aliphatic carbocycles. The highest BCUT2D eigenvalue weighted by Gasteiger charge is 2.33. The normalized spacial score (nSPS) is 15.3. The Morgan fingerprint density at radius 2 is 1.47 bits per heavy atom. The van der Waals surface area contributed by atoms with Crippen molar-refractivity contribution < 1.29 is 19.1 Å². The second-order valence-corrected chi connectivity index (χ2v) is 12.8. The number of likely N-dealkylation sites (tertiary alicyclic amines) is 1. The van der Waals surface area contributed by atoms with Crippen molar-refractivity contribution in [2.45, 2.75) is 64.8 Å². The maximum atomic E-state index is 12.9. The Morgan fingerprint density at radius 1 is 0.872 bits per heavy atom. The van der Waals surface area contributed by atoms with Gasteiger partial charge < -0.3 is 24.8 Å². The number of benzene rings is 3. The summed E-state index contributed by atoms with van der Waals surface area (Å²) in [6.07, 6.45) is 4.54. The topological polar surface area (TPSA) is 125 Å². The molecule has 6 rings (SSSR count). The minimum absolute atomic E-state index is 0.139. The molecule has 0 bridgehead atoms. The lowest BCUT2D eigenvalue weighted by Crippen LogP contribution is -2.34. The summed E-state index contributed by atoms with van der Waals surface area (Å²) in [5, 5.41) is 2.81. The SMILES string of the molecule is C[C@H](NC(=O)OC(C)(C)C)c1ncc(-c2ccc(-c3ccc(-c4cnc([C@@H]5CCCN5C(=O)OCc5ccccc5)[nH]4)cc3)cc2)[nH]1. The Labute approximate surface area is 274 Å². The molecular weight excluding hydrogens is 592 g/mol. The summed E-state index contributed by atoms with van der Waals surface area (Å²) < 4.78 is 10.9. The Kier molecular flexibility index (Phi) is 9.10. The standard InChI is InChI=1S/C37H40N6O4/c1-24(40-35(44)47-37(2,3)4)33-38-21-30(41-33)28-16-12-26(13-17-28)27-14-18-29(19-15-27)31-22-39-34(42-31)32-11-8-20-43(32)36(45)46-23-25-9-6-5-7-10-25/h5-7,9-10,12-19,21-22,24,32H,8,11,20,23H2,1-4H3,(H,38,41)(H,39,42)(H,40,44)/t24-,32-/m0/s1. The lowest BCUT2D eigenvalue weighted by Gasteiger charge is -2.22. The molecule has 0 unspecified atom stereocenters. The molecule has 1 aliphatic heterocycles. The summed E-state index contributed by atoms with van der Waals surface area (Å²) in [7, 11) is 0. The maximum Gasteiger partial charge on any atom is 0.410 e. The number of ether oxygens (including phenoxy) is 2. The van der Waals surface area contributed by atoms with Crippen LogP contribution in [-0.4, -0.2) is 49.2 Å². The van der Waals surface area contributed by atoms with E-state index in [4.69, 9.17) is 9.47 Å². The monoisotopic (exact) mass is 632 g/mol. The molecule has 10 nitrogen and oxygen atoms in total. The molecule has 242 valence electrons. The van der Waals surface area contributed by atoms with E-state index < -0.39 is 11.7 Å². The van der Waals surface area contributed by atoms with Gasteiger partial charge >= 0.3 is 12.2 Å². The number of imidazole rings is 2. The van der Waals surface area contributed by atoms with E-state index in [1.807, 2.05) is 76.4 Å². The molecule has 2 atom stereocenters. The van der Waals surface area contributed by atoms with Crippen molar-refractivity contribution in [3.05, 3.63) is 108 Å². The van der Waals surface area contributed by atoms with Gasteiger partial charge in [-0.3, -0.25) is 4.90 Å². The minimum atomic E-state index is -0.567. The molecular formula is C37H40N6O4. The van der Waals surface area contributed by atoms with Crippen LogP contribution in [0.3, 0.4) is 0 Å². The molecule has 0 radical (unpaired) electrons. The average molecular weight is 633 g/mol. The van der Waals surface area contributed by atoms with Gasteiger partial charge in [-0.2, -0.15) is 0 Å². The predicted octanol–water partition coefficient (Wildman–Crippen LogP) is 8.19. The van der Waals surface area contributed by atoms with Crippen molar-refractivity contribution in [3.8, 4) is 33.6 Å². The average Bonchev–Trinajstić information content (AvgIpc) is 3.85. The molecule has 5 aromatic rings. The number of aromatic nitrogens is 4. The van der Waals surface area contributed by atoms with Gasteiger partial charge in [0.15, 0.2) is 0 Å². The molecule has 0 saturated carbocycles. The van der Waals surface area contributed by atoms with Crippen molar-refractivity contribution in [2.75, 3.05) is 6.54 Å². The largest absolute Gasteiger partial charge is 0.445 e. The number of hydrogen-bond donors (Lipinski definition) is 3. The number of rotatable bonds is 8. The number of H-pyrrole nitrogens is 2. The number of amides is 2. The van der Waals surface area contributed by atoms with Crippen molar-refractivity contribution in [1.82, 2.24) is 30.2 Å². The van der Waals surface area contributed by atoms with E-state index in [9.17, 15) is 9.59 Å². The number of carbonyl (C=O) groups is 2. The highest BCUT2D eigenvalue weighted by molar-refractivity contribution is 5.72. The quantitative estimate of drug-likeness (QED) is 0.158. The van der Waals surface area contributed by atoms with Crippen LogP contribution in [0.4, 0.5) is 9.59 Å². The zero-order chi connectivity index (χ0) is 33.0. The van der Waals surface area contributed by atoms with Gasteiger partial charge in [0.1, 0.15) is 23.9 Å². The second-order valence-electron chi connectivity index (χ2n) is 12.8. The summed E-state index contributed by atoms with van der Waals surface area (Å²) in [6.45, 7) is 8.24. The van der Waals surface area contributed by atoms with Crippen LogP contribution in [0.15, 0.2) is 91.3 Å². The Balaban J connectivity index is 1.07. The summed E-state index contributed by atoms with van der Waals surface area (Å²) in [5.74, 6) is 1.42. The van der Waals surface area contributed by atoms with Gasteiger partial charge in [-0.25, -0.2) is 19.6 Å². The van der Waals surface area contributed by atoms with Gasteiger partial charge in [0.05, 0.1) is 35.9 Å². The number of alkyl carbamates (subject to hydrolysis) is 1. The Morgan fingerprint density at radius 3 is 2.11 bits per heavy atom. The summed E-state index contributed by atoms with van der Waals surface area (Å²) in [6, 6.07) is 25.8. The fraction of sp³-hybridized carbons (Fsp3) is 0.297. The Bertz CT molecular complexity index is 1810. The summed E-state index contributed by atoms with van der Waals surface area (Å²) >= 11 is 0. The molecule has 10 heteroatoms. The first-order valence-corrected chi connectivity index (χ1v) is 15.9. The van der Waals surface area contributed by atoms with E-state index in [-0.39, 0.29) is 24.8 Å². The molecule has 1 saturated heterocycles. The van der Waals surface area contributed by atoms with E-state index in [1.165, 1.54) is 0 Å². The minimum Gasteiger partial charge on any atom is -0.445 e. The van der Waals surface area contributed by atoms with Crippen molar-refractivity contribution in [2.24, 2.45) is 0 Å². The highest BCUT2D eigenvalue weighted by Crippen LogP contribution is 2.33. The first kappa shape index (κ1) is 31.6. The first-order chi connectivity index (χ1) is 22.6. The van der Waals surface area contributed by atoms with Gasteiger partial charge in [0.25, 0.3) is 0 Å². The van der Waals surface area contributed by atoms with Crippen LogP contribution in [0.2, 0.25) is 0 Å². The maximum absolute atomic E-state index is 12.9. The van der Waals surface area contributed by atoms with E-state index in [1.54, 1.807) is 11.1 Å². The van der Waals surface area contributed by atoms with Crippen LogP contribution >= 0.6 is 0 Å². The zero-order valence-electron chi connectivity index (χ0n) is 27.1. The molecule has 47 heavy (non-hydrogen) atoms. The molecule has 0 spiro atoms. The van der Waals surface area contributed by atoms with Crippen LogP contribution in [-0.2, 0) is 16.1 Å². The molecule has 1 fully saturated rings. The smallest absolute Gasteiger partial charge is 0.410 e. The Hall–Kier alpha value is -5.38. The third-order valence-electron chi connectivity index (χ3n) is 8.07. The van der Waals surface area contributed by atoms with Crippen LogP contribution in [0.5, 0.6) is 0 Å². The number of nitrogens with one attached hydrogen (secondary N) is 3. The highest BCUT2D eigenvalue weighted by atomic mass is 16.6. The van der Waals surface area contributed by atoms with Crippen molar-refractivity contribution >= 4 is 12.2 Å². The lowest BCUT2D eigenvalue weighted by molar-refractivity contribution is 0.0505. The first-order valence-electron chi connectivity index (χ1n) is 15.9. The molecule has 3 N–H and O–H groups in total. The summed E-state index contributed by atoms with van der Waals surface area (Å²) in [5.41, 5.74) is 6.33. The van der Waals surface area contributed by atoms with Gasteiger partial charge in [-0.1, -0.05) is 78.9 Å². The van der Waals surface area contributed by atoms with E-state index in [2.05, 4.69) is 61.7 Å². The third-order valence-corrected chi connectivity index (χ3v) is 8.07. The van der Waals surface area contributed by atoms with Crippen LogP contribution < -0.4 is 5.32 Å². The molecule has 2 aromatic heterocycles. The van der Waals surface area contributed by atoms with Crippen molar-refractivity contribution in [3.63, 3.8) is 0 Å². The summed E-state index contributed by atoms with van der Waals surface area (Å²) in [4.78, 5) is 42.7. The number of hydrogen-bond acceptors (Lipinski definition) is 6. The second kappa shape index (κ2) is 13.5. The molecule has 3 aromatic carbocycles. The lowest BCUT2D eigenvalue weighted by atomic mass is 10.0. The van der Waals surface area contributed by atoms with Gasteiger partial charge in [-0.05, 0) is 68.4 Å². The molecule has 3 heterocycles. The third kappa shape index (κ3) is 7.71. The number of aromatic amines is 2. The number of nitrogens with zero attached hydrogens (tertiary/aromatic N) is 3. The van der Waals surface area contributed by atoms with E-state index in [0.717, 1.165) is 57.9 Å². The molecule has 1 aliphatic rings. The van der Waals surface area contributed by atoms with Crippen molar-refractivity contribution in [1.29, 1.82) is 0 Å². The fourth-order valence-corrected chi connectivity index (χ4v) is 5.66. The van der Waals surface area contributed by atoms with Crippen LogP contribution in [0.1, 0.15) is 69.8 Å². The fourth-order valence-electron chi connectivity index (χ4n) is 5.66. The zero-order valence-corrected chi connectivity index (χ0v) is 27.1. The predicted molar refractivity (Wildman–Crippen MR) is 180 cm³/mol. The van der Waals surface area contributed by atoms with Crippen LogP contribution in [0.25, 0.3) is 33.6 Å².